The second kappa shape index (κ2) is 4.77. The molecule has 4 aromatic rings. The van der Waals surface area contributed by atoms with E-state index in [1.807, 2.05) is 36.4 Å². The lowest BCUT2D eigenvalue weighted by Gasteiger charge is -2.07. The summed E-state index contributed by atoms with van der Waals surface area (Å²) in [5.74, 6) is 1.14. The number of aromatic nitrogens is 5. The van der Waals surface area contributed by atoms with E-state index < -0.39 is 0 Å². The highest BCUT2D eigenvalue weighted by atomic mass is 16.1. The fourth-order valence-corrected chi connectivity index (χ4v) is 2.56. The highest BCUT2D eigenvalue weighted by molar-refractivity contribution is 5.78. The van der Waals surface area contributed by atoms with Crippen LogP contribution in [0.25, 0.3) is 16.7 Å². The molecule has 3 aromatic heterocycles. The van der Waals surface area contributed by atoms with Crippen LogP contribution in [0, 0.1) is 6.92 Å². The number of aryl methyl sites for hydroxylation is 1. The Balaban J connectivity index is 1.90. The molecule has 0 radical (unpaired) electrons. The first kappa shape index (κ1) is 12.7. The Labute approximate surface area is 125 Å². The van der Waals surface area contributed by atoms with Crippen LogP contribution in [-0.2, 0) is 6.54 Å². The summed E-state index contributed by atoms with van der Waals surface area (Å²) in [5, 5.41) is 4.83. The van der Waals surface area contributed by atoms with Crippen molar-refractivity contribution in [2.75, 3.05) is 0 Å². The molecule has 22 heavy (non-hydrogen) atoms. The molecular formula is C16H13N5O. The molecule has 0 saturated heterocycles. The number of hydrogen-bond acceptors (Lipinski definition) is 4. The maximum atomic E-state index is 12.6. The van der Waals surface area contributed by atoms with Crippen LogP contribution in [0.1, 0.15) is 11.4 Å². The van der Waals surface area contributed by atoms with Crippen molar-refractivity contribution in [2.45, 2.75) is 13.5 Å². The molecule has 0 unspecified atom stereocenters. The van der Waals surface area contributed by atoms with Crippen molar-refractivity contribution in [1.29, 1.82) is 0 Å². The van der Waals surface area contributed by atoms with Crippen molar-refractivity contribution in [3.05, 3.63) is 70.5 Å². The van der Waals surface area contributed by atoms with Gasteiger partial charge in [-0.3, -0.25) is 4.79 Å². The van der Waals surface area contributed by atoms with E-state index in [1.165, 1.54) is 0 Å². The summed E-state index contributed by atoms with van der Waals surface area (Å²) >= 11 is 0. The van der Waals surface area contributed by atoms with Gasteiger partial charge in [-0.2, -0.15) is 9.50 Å². The second-order valence-corrected chi connectivity index (χ2v) is 5.16. The summed E-state index contributed by atoms with van der Waals surface area (Å²) in [7, 11) is 0. The zero-order valence-corrected chi connectivity index (χ0v) is 12.0. The van der Waals surface area contributed by atoms with Crippen molar-refractivity contribution in [3.8, 4) is 0 Å². The smallest absolute Gasteiger partial charge is 0.261 e. The summed E-state index contributed by atoms with van der Waals surface area (Å²) in [6.45, 7) is 2.33. The molecular weight excluding hydrogens is 278 g/mol. The molecule has 108 valence electrons. The molecule has 3 heterocycles. The number of rotatable bonds is 2. The second-order valence-electron chi connectivity index (χ2n) is 5.16. The Morgan fingerprint density at radius 3 is 2.77 bits per heavy atom. The van der Waals surface area contributed by atoms with Crippen LogP contribution in [0.5, 0.6) is 0 Å². The fraction of sp³-hybridized carbons (Fsp3) is 0.125. The van der Waals surface area contributed by atoms with E-state index in [0.717, 1.165) is 11.1 Å². The molecule has 0 amide bonds. The average Bonchev–Trinajstić information content (AvgIpc) is 2.91. The summed E-state index contributed by atoms with van der Waals surface area (Å²) in [5.41, 5.74) is 1.72. The molecule has 0 spiro atoms. The van der Waals surface area contributed by atoms with Gasteiger partial charge in [-0.1, -0.05) is 30.3 Å². The minimum absolute atomic E-state index is 0.0797. The highest BCUT2D eigenvalue weighted by Crippen LogP contribution is 2.11. The molecule has 6 heteroatoms. The van der Waals surface area contributed by atoms with Gasteiger partial charge < -0.3 is 4.57 Å². The number of benzene rings is 1. The minimum atomic E-state index is -0.0797. The van der Waals surface area contributed by atoms with Gasteiger partial charge >= 0.3 is 0 Å². The highest BCUT2D eigenvalue weighted by Gasteiger charge is 2.09. The first-order valence-electron chi connectivity index (χ1n) is 6.98. The van der Waals surface area contributed by atoms with Crippen molar-refractivity contribution >= 4 is 16.7 Å². The molecule has 0 bridgehead atoms. The zero-order valence-electron chi connectivity index (χ0n) is 12.0. The topological polar surface area (TPSA) is 65.1 Å². The van der Waals surface area contributed by atoms with Gasteiger partial charge in [0.15, 0.2) is 0 Å². The van der Waals surface area contributed by atoms with Crippen molar-refractivity contribution in [2.24, 2.45) is 0 Å². The molecule has 6 nitrogen and oxygen atoms in total. The minimum Gasteiger partial charge on any atom is -0.310 e. The average molecular weight is 291 g/mol. The van der Waals surface area contributed by atoms with E-state index in [1.54, 1.807) is 28.4 Å². The van der Waals surface area contributed by atoms with Gasteiger partial charge in [-0.05, 0) is 18.6 Å². The lowest BCUT2D eigenvalue weighted by atomic mass is 10.2. The van der Waals surface area contributed by atoms with Crippen molar-refractivity contribution in [3.63, 3.8) is 0 Å². The molecule has 0 saturated carbocycles. The summed E-state index contributed by atoms with van der Waals surface area (Å²) in [4.78, 5) is 21.1. The van der Waals surface area contributed by atoms with Crippen LogP contribution < -0.4 is 5.56 Å². The van der Waals surface area contributed by atoms with E-state index in [9.17, 15) is 4.79 Å². The lowest BCUT2D eigenvalue weighted by Crippen LogP contribution is -2.21. The Morgan fingerprint density at radius 2 is 1.95 bits per heavy atom. The maximum Gasteiger partial charge on any atom is 0.261 e. The third kappa shape index (κ3) is 1.96. The van der Waals surface area contributed by atoms with Gasteiger partial charge in [-0.25, -0.2) is 4.98 Å². The quantitative estimate of drug-likeness (QED) is 0.565. The Kier molecular flexibility index (Phi) is 2.75. The zero-order chi connectivity index (χ0) is 15.1. The Bertz CT molecular complexity index is 1030. The number of fused-ring (bicyclic) bond motifs is 3. The summed E-state index contributed by atoms with van der Waals surface area (Å²) < 4.78 is 3.29. The Morgan fingerprint density at radius 1 is 1.14 bits per heavy atom. The molecule has 0 aliphatic heterocycles. The first-order valence-corrected chi connectivity index (χ1v) is 6.98. The van der Waals surface area contributed by atoms with E-state index in [-0.39, 0.29) is 5.56 Å². The van der Waals surface area contributed by atoms with E-state index in [4.69, 9.17) is 0 Å². The van der Waals surface area contributed by atoms with E-state index in [0.29, 0.717) is 23.5 Å². The van der Waals surface area contributed by atoms with Crippen LogP contribution in [0.4, 0.5) is 0 Å². The summed E-state index contributed by atoms with van der Waals surface area (Å²) in [6, 6.07) is 11.8. The van der Waals surface area contributed by atoms with Crippen LogP contribution in [0.15, 0.2) is 53.6 Å². The molecule has 0 N–H and O–H groups in total. The lowest BCUT2D eigenvalue weighted by molar-refractivity contribution is 0.765. The molecule has 0 aliphatic rings. The number of pyridine rings is 1. The van der Waals surface area contributed by atoms with Gasteiger partial charge in [0, 0.05) is 12.4 Å². The predicted molar refractivity (Wildman–Crippen MR) is 82.8 cm³/mol. The van der Waals surface area contributed by atoms with Crippen molar-refractivity contribution < 1.29 is 0 Å². The fourth-order valence-electron chi connectivity index (χ4n) is 2.56. The number of hydrogen-bond donors (Lipinski definition) is 0. The van der Waals surface area contributed by atoms with Gasteiger partial charge in [0.05, 0.1) is 17.4 Å². The first-order chi connectivity index (χ1) is 10.7. The van der Waals surface area contributed by atoms with Crippen molar-refractivity contribution in [1.82, 2.24) is 24.1 Å². The van der Waals surface area contributed by atoms with E-state index >= 15 is 0 Å². The predicted octanol–water partition coefficient (Wildman–Crippen LogP) is 1.80. The van der Waals surface area contributed by atoms with Gasteiger partial charge in [0.1, 0.15) is 5.82 Å². The molecule has 0 aliphatic carbocycles. The summed E-state index contributed by atoms with van der Waals surface area (Å²) in [6.07, 6.45) is 3.36. The van der Waals surface area contributed by atoms with Crippen LogP contribution in [-0.4, -0.2) is 24.1 Å². The third-order valence-corrected chi connectivity index (χ3v) is 3.61. The van der Waals surface area contributed by atoms with Crippen LogP contribution >= 0.6 is 0 Å². The maximum absolute atomic E-state index is 12.6. The SMILES string of the molecule is Cc1nc2ncc3c(=O)n(Cc4ccccc4)ccc3n2n1. The van der Waals surface area contributed by atoms with Crippen LogP contribution in [0.2, 0.25) is 0 Å². The van der Waals surface area contributed by atoms with Crippen LogP contribution in [0.3, 0.4) is 0 Å². The molecule has 0 fully saturated rings. The third-order valence-electron chi connectivity index (χ3n) is 3.61. The monoisotopic (exact) mass is 291 g/mol. The molecule has 1 aromatic carbocycles. The van der Waals surface area contributed by atoms with E-state index in [2.05, 4.69) is 15.1 Å². The number of nitrogens with zero attached hydrogens (tertiary/aromatic N) is 5. The largest absolute Gasteiger partial charge is 0.310 e. The Hall–Kier alpha value is -3.02. The normalized spacial score (nSPS) is 11.3. The standard InChI is InChI=1S/C16H13N5O/c1-11-18-16-17-9-13-14(21(16)19-11)7-8-20(15(13)22)10-12-5-3-2-4-6-12/h2-9H,10H2,1H3. The van der Waals surface area contributed by atoms with Gasteiger partial charge in [0.2, 0.25) is 0 Å². The molecule has 4 rings (SSSR count). The molecule has 0 atom stereocenters. The van der Waals surface area contributed by atoms with Gasteiger partial charge in [-0.15, -0.1) is 5.10 Å². The van der Waals surface area contributed by atoms with Gasteiger partial charge in [0.25, 0.3) is 11.3 Å².